The Morgan fingerprint density at radius 2 is 1.88 bits per heavy atom. The second-order valence-electron chi connectivity index (χ2n) is 3.94. The number of ether oxygens (including phenoxy) is 1. The van der Waals surface area contributed by atoms with Gasteiger partial charge in [0.1, 0.15) is 10.8 Å². The number of hydrogen-bond donors (Lipinski definition) is 0. The van der Waals surface area contributed by atoms with Gasteiger partial charge in [-0.25, -0.2) is 4.98 Å². The Kier molecular flexibility index (Phi) is 3.54. The van der Waals surface area contributed by atoms with E-state index in [-0.39, 0.29) is 0 Å². The molecule has 4 heteroatoms. The molecule has 0 aliphatic carbocycles. The summed E-state index contributed by atoms with van der Waals surface area (Å²) >= 11 is 5.18. The van der Waals surface area contributed by atoms with Gasteiger partial charge in [0.25, 0.3) is 0 Å². The average Bonchev–Trinajstić information content (AvgIpc) is 2.63. The van der Waals surface area contributed by atoms with Crippen LogP contribution in [0.4, 0.5) is 0 Å². The molecule has 1 heterocycles. The summed E-state index contributed by atoms with van der Waals surface area (Å²) in [6.07, 6.45) is 0. The number of rotatable bonds is 2. The fourth-order valence-electron chi connectivity index (χ4n) is 1.74. The number of aromatic nitrogens is 1. The highest BCUT2D eigenvalue weighted by Crippen LogP contribution is 2.36. The lowest BCUT2D eigenvalue weighted by atomic mass is 10.0. The van der Waals surface area contributed by atoms with E-state index in [1.807, 2.05) is 13.0 Å². The predicted octanol–water partition coefficient (Wildman–Crippen LogP) is 4.51. The van der Waals surface area contributed by atoms with Gasteiger partial charge in [0.2, 0.25) is 0 Å². The molecular formula is C13H14BrNOS. The van der Waals surface area contributed by atoms with Crippen molar-refractivity contribution in [1.82, 2.24) is 4.98 Å². The van der Waals surface area contributed by atoms with Gasteiger partial charge in [0, 0.05) is 5.56 Å². The average molecular weight is 312 g/mol. The standard InChI is InChI=1S/C13H14BrNOS/c1-7-8(2)11(16-4)6-5-10(7)13-15-9(3)12(14)17-13/h5-6H,1-4H3. The Labute approximate surface area is 114 Å². The molecule has 0 fully saturated rings. The largest absolute Gasteiger partial charge is 0.496 e. The van der Waals surface area contributed by atoms with Crippen LogP contribution in [0.15, 0.2) is 15.9 Å². The first-order chi connectivity index (χ1) is 8.04. The molecule has 90 valence electrons. The van der Waals surface area contributed by atoms with Crippen LogP contribution in [-0.4, -0.2) is 12.1 Å². The van der Waals surface area contributed by atoms with E-state index in [2.05, 4.69) is 40.8 Å². The first kappa shape index (κ1) is 12.6. The van der Waals surface area contributed by atoms with E-state index in [0.717, 1.165) is 20.2 Å². The van der Waals surface area contributed by atoms with Crippen molar-refractivity contribution >= 4 is 27.3 Å². The van der Waals surface area contributed by atoms with Crippen molar-refractivity contribution in [1.29, 1.82) is 0 Å². The van der Waals surface area contributed by atoms with E-state index in [4.69, 9.17) is 4.74 Å². The van der Waals surface area contributed by atoms with Crippen LogP contribution < -0.4 is 4.74 Å². The zero-order chi connectivity index (χ0) is 12.6. The van der Waals surface area contributed by atoms with Gasteiger partial charge >= 0.3 is 0 Å². The maximum absolute atomic E-state index is 5.32. The third-order valence-electron chi connectivity index (χ3n) is 2.93. The van der Waals surface area contributed by atoms with Crippen LogP contribution in [0, 0.1) is 20.8 Å². The van der Waals surface area contributed by atoms with Crippen molar-refractivity contribution in [2.45, 2.75) is 20.8 Å². The number of aryl methyl sites for hydroxylation is 1. The van der Waals surface area contributed by atoms with Gasteiger partial charge in [-0.05, 0) is 60.0 Å². The van der Waals surface area contributed by atoms with Crippen molar-refractivity contribution < 1.29 is 4.74 Å². The summed E-state index contributed by atoms with van der Waals surface area (Å²) < 4.78 is 6.42. The number of thiazole rings is 1. The van der Waals surface area contributed by atoms with Gasteiger partial charge in [-0.2, -0.15) is 0 Å². The molecule has 17 heavy (non-hydrogen) atoms. The van der Waals surface area contributed by atoms with Crippen LogP contribution in [0.5, 0.6) is 5.75 Å². The van der Waals surface area contributed by atoms with Crippen LogP contribution in [0.1, 0.15) is 16.8 Å². The summed E-state index contributed by atoms with van der Waals surface area (Å²) in [5, 5.41) is 1.05. The summed E-state index contributed by atoms with van der Waals surface area (Å²) in [7, 11) is 1.70. The third kappa shape index (κ3) is 2.24. The highest BCUT2D eigenvalue weighted by molar-refractivity contribution is 9.11. The maximum atomic E-state index is 5.32. The summed E-state index contributed by atoms with van der Waals surface area (Å²) in [5.74, 6) is 0.929. The molecule has 0 bridgehead atoms. The van der Waals surface area contributed by atoms with E-state index >= 15 is 0 Å². The molecule has 0 radical (unpaired) electrons. The zero-order valence-electron chi connectivity index (χ0n) is 10.3. The Bertz CT molecular complexity index is 543. The molecule has 0 atom stereocenters. The van der Waals surface area contributed by atoms with Crippen LogP contribution in [0.2, 0.25) is 0 Å². The van der Waals surface area contributed by atoms with Gasteiger partial charge < -0.3 is 4.74 Å². The second kappa shape index (κ2) is 4.78. The van der Waals surface area contributed by atoms with Crippen molar-refractivity contribution in [3.8, 4) is 16.3 Å². The molecule has 1 aromatic heterocycles. The zero-order valence-corrected chi connectivity index (χ0v) is 12.7. The lowest BCUT2D eigenvalue weighted by molar-refractivity contribution is 0.411. The molecule has 0 unspecified atom stereocenters. The van der Waals surface area contributed by atoms with E-state index in [1.54, 1.807) is 18.4 Å². The highest BCUT2D eigenvalue weighted by Gasteiger charge is 2.12. The summed E-state index contributed by atoms with van der Waals surface area (Å²) in [6, 6.07) is 4.08. The number of nitrogens with zero attached hydrogens (tertiary/aromatic N) is 1. The Hall–Kier alpha value is -0.870. The van der Waals surface area contributed by atoms with Gasteiger partial charge in [-0.1, -0.05) is 0 Å². The number of methoxy groups -OCH3 is 1. The summed E-state index contributed by atoms with van der Waals surface area (Å²) in [4.78, 5) is 4.57. The Balaban J connectivity index is 2.57. The Morgan fingerprint density at radius 1 is 1.18 bits per heavy atom. The van der Waals surface area contributed by atoms with E-state index in [1.165, 1.54) is 16.7 Å². The van der Waals surface area contributed by atoms with E-state index < -0.39 is 0 Å². The molecule has 0 saturated heterocycles. The minimum absolute atomic E-state index is 0.929. The molecule has 1 aromatic carbocycles. The highest BCUT2D eigenvalue weighted by atomic mass is 79.9. The molecule has 2 nitrogen and oxygen atoms in total. The Morgan fingerprint density at radius 3 is 2.41 bits per heavy atom. The molecule has 0 aliphatic heterocycles. The van der Waals surface area contributed by atoms with Crippen molar-refractivity contribution in [3.63, 3.8) is 0 Å². The maximum Gasteiger partial charge on any atom is 0.124 e. The quantitative estimate of drug-likeness (QED) is 0.814. The lowest BCUT2D eigenvalue weighted by Gasteiger charge is -2.10. The fourth-order valence-corrected chi connectivity index (χ4v) is 3.17. The van der Waals surface area contributed by atoms with Crippen LogP contribution >= 0.6 is 27.3 Å². The first-order valence-corrected chi connectivity index (χ1v) is 6.93. The van der Waals surface area contributed by atoms with Crippen molar-refractivity contribution in [2.75, 3.05) is 7.11 Å². The monoisotopic (exact) mass is 311 g/mol. The number of hydrogen-bond acceptors (Lipinski definition) is 3. The molecule has 2 rings (SSSR count). The van der Waals surface area contributed by atoms with Crippen LogP contribution in [0.3, 0.4) is 0 Å². The molecule has 0 spiro atoms. The second-order valence-corrected chi connectivity index (χ2v) is 6.26. The summed E-state index contributed by atoms with van der Waals surface area (Å²) in [6.45, 7) is 6.20. The van der Waals surface area contributed by atoms with Gasteiger partial charge in [-0.3, -0.25) is 0 Å². The minimum Gasteiger partial charge on any atom is -0.496 e. The SMILES string of the molecule is COc1ccc(-c2nc(C)c(Br)s2)c(C)c1C. The van der Waals surface area contributed by atoms with E-state index in [0.29, 0.717) is 0 Å². The minimum atomic E-state index is 0.929. The predicted molar refractivity (Wildman–Crippen MR) is 76.0 cm³/mol. The van der Waals surface area contributed by atoms with Crippen LogP contribution in [0.25, 0.3) is 10.6 Å². The van der Waals surface area contributed by atoms with E-state index in [9.17, 15) is 0 Å². The van der Waals surface area contributed by atoms with Crippen LogP contribution in [-0.2, 0) is 0 Å². The number of halogens is 1. The van der Waals surface area contributed by atoms with Gasteiger partial charge in [0.15, 0.2) is 0 Å². The fraction of sp³-hybridized carbons (Fsp3) is 0.308. The molecule has 0 aliphatic rings. The summed E-state index contributed by atoms with van der Waals surface area (Å²) in [5.41, 5.74) is 4.62. The van der Waals surface area contributed by atoms with Gasteiger partial charge in [-0.15, -0.1) is 11.3 Å². The van der Waals surface area contributed by atoms with Crippen molar-refractivity contribution in [3.05, 3.63) is 32.7 Å². The number of benzene rings is 1. The topological polar surface area (TPSA) is 22.1 Å². The first-order valence-electron chi connectivity index (χ1n) is 5.32. The smallest absolute Gasteiger partial charge is 0.124 e. The third-order valence-corrected chi connectivity index (χ3v) is 4.97. The molecule has 0 amide bonds. The normalized spacial score (nSPS) is 10.6. The van der Waals surface area contributed by atoms with Crippen molar-refractivity contribution in [2.24, 2.45) is 0 Å². The molecule has 2 aromatic rings. The van der Waals surface area contributed by atoms with Gasteiger partial charge in [0.05, 0.1) is 16.6 Å². The molecule has 0 N–H and O–H groups in total. The molecule has 0 saturated carbocycles. The molecular weight excluding hydrogens is 298 g/mol. The lowest BCUT2D eigenvalue weighted by Crippen LogP contribution is -1.92.